The Labute approximate surface area is 203 Å². The minimum Gasteiger partial charge on any atom is -0.496 e. The third-order valence-electron chi connectivity index (χ3n) is 5.14. The van der Waals surface area contributed by atoms with Crippen molar-refractivity contribution >= 4 is 28.9 Å². The summed E-state index contributed by atoms with van der Waals surface area (Å²) in [6.07, 6.45) is 0. The Hall–Kier alpha value is -3.45. The molecule has 2 aromatic carbocycles. The number of ether oxygens (including phenoxy) is 3. The van der Waals surface area contributed by atoms with Crippen molar-refractivity contribution in [1.82, 2.24) is 0 Å². The van der Waals surface area contributed by atoms with E-state index in [0.717, 1.165) is 0 Å². The Balaban J connectivity index is 2.01. The standard InChI is InChI=1S/C22H19O12PS/c1-30-17-10-20(31-2)21(36(27,28)29)9-16(17)22-14-5-3-12(23)7-18(14)34-19-8-13(4-6-15(19)22)32-11-33-35(24,25)26/h3-10H,11H2,1-2H3,(H2,24,25,26)(H,27,28,29). The summed E-state index contributed by atoms with van der Waals surface area (Å²) >= 11 is 0. The first-order valence-corrected chi connectivity index (χ1v) is 13.0. The van der Waals surface area contributed by atoms with E-state index in [4.69, 9.17) is 28.4 Å². The Kier molecular flexibility index (Phi) is 6.80. The Morgan fingerprint density at radius 1 is 0.944 bits per heavy atom. The molecule has 1 aliphatic carbocycles. The lowest BCUT2D eigenvalue weighted by molar-refractivity contribution is 0.0829. The summed E-state index contributed by atoms with van der Waals surface area (Å²) in [5.74, 6) is 0.341. The van der Waals surface area contributed by atoms with Gasteiger partial charge in [0, 0.05) is 40.3 Å². The molecule has 2 aliphatic rings. The topological polar surface area (TPSA) is 179 Å². The highest BCUT2D eigenvalue weighted by Crippen LogP contribution is 2.46. The van der Waals surface area contributed by atoms with Crippen molar-refractivity contribution in [2.24, 2.45) is 0 Å². The van der Waals surface area contributed by atoms with Crippen molar-refractivity contribution in [1.29, 1.82) is 0 Å². The van der Waals surface area contributed by atoms with Gasteiger partial charge >= 0.3 is 7.82 Å². The molecule has 0 spiro atoms. The summed E-state index contributed by atoms with van der Waals surface area (Å²) < 4.78 is 70.8. The summed E-state index contributed by atoms with van der Waals surface area (Å²) in [5.41, 5.74) is 0.926. The maximum Gasteiger partial charge on any atom is 0.472 e. The van der Waals surface area contributed by atoms with Gasteiger partial charge < -0.3 is 28.4 Å². The Morgan fingerprint density at radius 3 is 2.31 bits per heavy atom. The van der Waals surface area contributed by atoms with E-state index in [9.17, 15) is 22.3 Å². The molecule has 1 heterocycles. The van der Waals surface area contributed by atoms with Gasteiger partial charge in [0.2, 0.25) is 0 Å². The number of methoxy groups -OCH3 is 2. The summed E-state index contributed by atoms with van der Waals surface area (Å²) in [6.45, 7) is -0.745. The van der Waals surface area contributed by atoms with Crippen molar-refractivity contribution in [2.45, 2.75) is 4.90 Å². The molecule has 3 N–H and O–H groups in total. The van der Waals surface area contributed by atoms with Crippen LogP contribution in [-0.2, 0) is 19.2 Å². The van der Waals surface area contributed by atoms with E-state index in [2.05, 4.69) is 4.52 Å². The highest BCUT2D eigenvalue weighted by Gasteiger charge is 2.26. The van der Waals surface area contributed by atoms with Crippen molar-refractivity contribution in [3.8, 4) is 39.7 Å². The fraction of sp³-hybridized carbons (Fsp3) is 0.136. The van der Waals surface area contributed by atoms with Crippen LogP contribution in [0.4, 0.5) is 0 Å². The summed E-state index contributed by atoms with van der Waals surface area (Å²) in [4.78, 5) is 29.2. The molecule has 0 saturated heterocycles. The average Bonchev–Trinajstić information content (AvgIpc) is 2.80. The zero-order valence-corrected chi connectivity index (χ0v) is 20.4. The highest BCUT2D eigenvalue weighted by atomic mass is 32.2. The molecule has 12 nitrogen and oxygen atoms in total. The number of benzene rings is 3. The molecule has 0 bridgehead atoms. The Morgan fingerprint density at radius 2 is 1.67 bits per heavy atom. The third kappa shape index (κ3) is 5.21. The van der Waals surface area contributed by atoms with Gasteiger partial charge in [0.05, 0.1) is 14.2 Å². The van der Waals surface area contributed by atoms with E-state index in [1.54, 1.807) is 6.07 Å². The van der Waals surface area contributed by atoms with Crippen LogP contribution in [0.15, 0.2) is 62.6 Å². The molecule has 36 heavy (non-hydrogen) atoms. The van der Waals surface area contributed by atoms with Gasteiger partial charge in [-0.05, 0) is 30.3 Å². The van der Waals surface area contributed by atoms with E-state index >= 15 is 0 Å². The number of hydrogen-bond acceptors (Lipinski definition) is 9. The van der Waals surface area contributed by atoms with E-state index < -0.39 is 29.6 Å². The molecule has 14 heteroatoms. The monoisotopic (exact) mass is 538 g/mol. The van der Waals surface area contributed by atoms with Gasteiger partial charge in [0.15, 0.2) is 12.2 Å². The van der Waals surface area contributed by atoms with Gasteiger partial charge in [0.25, 0.3) is 10.1 Å². The van der Waals surface area contributed by atoms with Crippen LogP contribution < -0.4 is 19.6 Å². The first-order chi connectivity index (χ1) is 16.9. The molecule has 0 amide bonds. The SMILES string of the molecule is COc1cc(OC)c(S(=O)(=O)O)cc1-c1c2ccc(=O)cc-2oc2cc(OCOP(=O)(O)O)ccc12. The minimum atomic E-state index is -4.75. The van der Waals surface area contributed by atoms with Crippen LogP contribution >= 0.6 is 7.82 Å². The molecule has 0 fully saturated rings. The van der Waals surface area contributed by atoms with Gasteiger partial charge in [0.1, 0.15) is 33.5 Å². The molecule has 0 aromatic heterocycles. The van der Waals surface area contributed by atoms with Gasteiger partial charge in [-0.1, -0.05) is 0 Å². The summed E-state index contributed by atoms with van der Waals surface area (Å²) in [7, 11) is -6.84. The first-order valence-electron chi connectivity index (χ1n) is 9.98. The molecule has 0 unspecified atom stereocenters. The zero-order valence-electron chi connectivity index (χ0n) is 18.7. The quantitative estimate of drug-likeness (QED) is 0.129. The Bertz CT molecular complexity index is 1640. The average molecular weight is 538 g/mol. The van der Waals surface area contributed by atoms with Gasteiger partial charge in [-0.2, -0.15) is 8.42 Å². The van der Waals surface area contributed by atoms with E-state index in [1.165, 1.54) is 56.7 Å². The predicted molar refractivity (Wildman–Crippen MR) is 126 cm³/mol. The molecule has 0 radical (unpaired) electrons. The third-order valence-corrected chi connectivity index (χ3v) is 6.46. The molecular formula is C22H19O12PS. The zero-order chi connectivity index (χ0) is 26.3. The highest BCUT2D eigenvalue weighted by molar-refractivity contribution is 7.86. The lowest BCUT2D eigenvalue weighted by Crippen LogP contribution is -2.05. The molecule has 2 aromatic rings. The predicted octanol–water partition coefficient (Wildman–Crippen LogP) is 3.27. The van der Waals surface area contributed by atoms with Gasteiger partial charge in [-0.25, -0.2) is 9.09 Å². The van der Waals surface area contributed by atoms with Crippen molar-refractivity contribution in [2.75, 3.05) is 21.0 Å². The molecular weight excluding hydrogens is 519 g/mol. The number of hydrogen-bond donors (Lipinski definition) is 3. The number of fused-ring (bicyclic) bond motifs is 2. The van der Waals surface area contributed by atoms with Crippen LogP contribution in [0.1, 0.15) is 0 Å². The van der Waals surface area contributed by atoms with Crippen LogP contribution in [0, 0.1) is 0 Å². The maximum atomic E-state index is 12.1. The lowest BCUT2D eigenvalue weighted by atomic mass is 9.93. The maximum absolute atomic E-state index is 12.1. The van der Waals surface area contributed by atoms with Crippen molar-refractivity contribution in [3.05, 3.63) is 58.8 Å². The fourth-order valence-electron chi connectivity index (χ4n) is 3.66. The molecule has 0 saturated carbocycles. The largest absolute Gasteiger partial charge is 0.496 e. The van der Waals surface area contributed by atoms with Crippen LogP contribution in [0.2, 0.25) is 0 Å². The van der Waals surface area contributed by atoms with E-state index in [0.29, 0.717) is 16.5 Å². The lowest BCUT2D eigenvalue weighted by Gasteiger charge is -2.19. The smallest absolute Gasteiger partial charge is 0.472 e. The molecule has 190 valence electrons. The van der Waals surface area contributed by atoms with Crippen LogP contribution in [-0.4, -0.2) is 43.8 Å². The first kappa shape index (κ1) is 25.6. The summed E-state index contributed by atoms with van der Waals surface area (Å²) in [5, 5.41) is 0.439. The molecule has 1 aliphatic heterocycles. The normalized spacial score (nSPS) is 12.1. The van der Waals surface area contributed by atoms with E-state index in [-0.39, 0.29) is 39.6 Å². The minimum absolute atomic E-state index is 0.128. The second kappa shape index (κ2) is 9.54. The summed E-state index contributed by atoms with van der Waals surface area (Å²) in [6, 6.07) is 11.0. The van der Waals surface area contributed by atoms with Gasteiger partial charge in [-0.15, -0.1) is 0 Å². The van der Waals surface area contributed by atoms with Crippen LogP contribution in [0.5, 0.6) is 17.2 Å². The van der Waals surface area contributed by atoms with Crippen LogP contribution in [0.3, 0.4) is 0 Å². The van der Waals surface area contributed by atoms with Crippen molar-refractivity contribution in [3.63, 3.8) is 0 Å². The van der Waals surface area contributed by atoms with Gasteiger partial charge in [-0.3, -0.25) is 9.35 Å². The van der Waals surface area contributed by atoms with Crippen LogP contribution in [0.25, 0.3) is 33.4 Å². The fourth-order valence-corrected chi connectivity index (χ4v) is 4.51. The second-order valence-electron chi connectivity index (χ2n) is 7.35. The van der Waals surface area contributed by atoms with E-state index in [1.807, 2.05) is 0 Å². The number of phosphoric acid groups is 1. The second-order valence-corrected chi connectivity index (χ2v) is 9.98. The molecule has 4 rings (SSSR count). The number of phosphoric ester groups is 1. The van der Waals surface area contributed by atoms with Crippen molar-refractivity contribution < 1.29 is 50.5 Å². The number of rotatable bonds is 8. The molecule has 0 atom stereocenters.